The number of nitrogens with zero attached hydrogens (tertiary/aromatic N) is 1. The number of carbonyl (C=O) groups is 2. The first-order valence-electron chi connectivity index (χ1n) is 7.30. The number of ether oxygens (including phenoxy) is 2. The minimum atomic E-state index is -0.772. The van der Waals surface area contributed by atoms with Crippen LogP contribution in [-0.2, 0) is 4.79 Å². The molecule has 8 heteroatoms. The molecule has 1 aromatic carbocycles. The summed E-state index contributed by atoms with van der Waals surface area (Å²) in [6.45, 7) is 0.119. The molecular formula is C16H17N3O4S. The number of carbonyl (C=O) groups excluding carboxylic acids is 2. The average Bonchev–Trinajstić information content (AvgIpc) is 3.02. The van der Waals surface area contributed by atoms with Gasteiger partial charge in [0.2, 0.25) is 6.10 Å². The fourth-order valence-corrected chi connectivity index (χ4v) is 2.98. The Kier molecular flexibility index (Phi) is 4.68. The van der Waals surface area contributed by atoms with Gasteiger partial charge in [0, 0.05) is 14.1 Å². The highest BCUT2D eigenvalue weighted by Gasteiger charge is 2.28. The topological polar surface area (TPSA) is 79.9 Å². The van der Waals surface area contributed by atoms with E-state index in [2.05, 4.69) is 10.7 Å². The summed E-state index contributed by atoms with van der Waals surface area (Å²) in [4.78, 5) is 24.5. The molecule has 2 amide bonds. The minimum Gasteiger partial charge on any atom is -0.485 e. The Morgan fingerprint density at radius 2 is 1.96 bits per heavy atom. The van der Waals surface area contributed by atoms with Gasteiger partial charge in [0.1, 0.15) is 11.6 Å². The number of rotatable bonds is 4. The van der Waals surface area contributed by atoms with Crippen molar-refractivity contribution in [2.45, 2.75) is 6.10 Å². The molecule has 1 unspecified atom stereocenters. The predicted molar refractivity (Wildman–Crippen MR) is 90.5 cm³/mol. The summed E-state index contributed by atoms with van der Waals surface area (Å²) in [5.41, 5.74) is 3.05. The third kappa shape index (κ3) is 3.50. The molecule has 0 radical (unpaired) electrons. The Morgan fingerprint density at radius 3 is 2.71 bits per heavy atom. The Bertz CT molecular complexity index is 759. The van der Waals surface area contributed by atoms with E-state index in [0.717, 1.165) is 0 Å². The smallest absolute Gasteiger partial charge is 0.269 e. The normalized spacial score (nSPS) is 15.9. The fourth-order valence-electron chi connectivity index (χ4n) is 2.19. The summed E-state index contributed by atoms with van der Waals surface area (Å²) in [7, 11) is 3.43. The van der Waals surface area contributed by atoms with E-state index in [1.165, 1.54) is 11.3 Å². The third-order valence-corrected chi connectivity index (χ3v) is 4.10. The molecule has 0 spiro atoms. The van der Waals surface area contributed by atoms with Crippen LogP contribution in [0.5, 0.6) is 11.5 Å². The average molecular weight is 347 g/mol. The molecule has 24 heavy (non-hydrogen) atoms. The maximum absolute atomic E-state index is 12.4. The Hall–Kier alpha value is -2.58. The first-order chi connectivity index (χ1) is 11.5. The van der Waals surface area contributed by atoms with E-state index in [0.29, 0.717) is 22.1 Å². The number of anilines is 1. The van der Waals surface area contributed by atoms with E-state index in [9.17, 15) is 9.59 Å². The number of para-hydroxylation sites is 2. The zero-order valence-corrected chi connectivity index (χ0v) is 14.1. The summed E-state index contributed by atoms with van der Waals surface area (Å²) >= 11 is 1.28. The molecule has 2 aromatic rings. The summed E-state index contributed by atoms with van der Waals surface area (Å²) in [6.07, 6.45) is -0.772. The number of thiophene rings is 1. The van der Waals surface area contributed by atoms with Gasteiger partial charge in [0.05, 0.1) is 5.56 Å². The van der Waals surface area contributed by atoms with Crippen LogP contribution in [0.2, 0.25) is 0 Å². The molecule has 1 aromatic heterocycles. The van der Waals surface area contributed by atoms with Gasteiger partial charge in [-0.15, -0.1) is 11.3 Å². The lowest BCUT2D eigenvalue weighted by Crippen LogP contribution is -2.40. The van der Waals surface area contributed by atoms with Crippen molar-refractivity contribution >= 4 is 28.2 Å². The van der Waals surface area contributed by atoms with Crippen LogP contribution in [0.4, 0.5) is 5.00 Å². The molecule has 2 heterocycles. The lowest BCUT2D eigenvalue weighted by Gasteiger charge is -2.25. The van der Waals surface area contributed by atoms with E-state index in [1.807, 2.05) is 12.1 Å². The molecule has 0 bridgehead atoms. The van der Waals surface area contributed by atoms with Crippen molar-refractivity contribution in [3.8, 4) is 11.5 Å². The van der Waals surface area contributed by atoms with E-state index >= 15 is 0 Å². The van der Waals surface area contributed by atoms with E-state index < -0.39 is 6.10 Å². The second-order valence-electron chi connectivity index (χ2n) is 5.35. The fraction of sp³-hybridized carbons (Fsp3) is 0.250. The van der Waals surface area contributed by atoms with Crippen LogP contribution in [-0.4, -0.2) is 43.6 Å². The van der Waals surface area contributed by atoms with Gasteiger partial charge >= 0.3 is 0 Å². The Balaban J connectivity index is 1.68. The van der Waals surface area contributed by atoms with Gasteiger partial charge in [-0.3, -0.25) is 15.0 Å². The maximum atomic E-state index is 12.4. The van der Waals surface area contributed by atoms with E-state index in [1.54, 1.807) is 42.7 Å². The highest BCUT2D eigenvalue weighted by molar-refractivity contribution is 7.14. The quantitative estimate of drug-likeness (QED) is 0.824. The minimum absolute atomic E-state index is 0.119. The highest BCUT2D eigenvalue weighted by atomic mass is 32.1. The number of hydrogen-bond acceptors (Lipinski definition) is 6. The summed E-state index contributed by atoms with van der Waals surface area (Å²) < 4.78 is 11.2. The molecule has 2 N–H and O–H groups in total. The SMILES string of the molecule is CN(C)NC(=O)c1ccsc1NC(=O)C1COc2ccccc2O1. The number of benzene rings is 1. The van der Waals surface area contributed by atoms with Crippen LogP contribution < -0.4 is 20.2 Å². The van der Waals surface area contributed by atoms with Crippen molar-refractivity contribution in [2.75, 3.05) is 26.0 Å². The number of nitrogens with one attached hydrogen (secondary N) is 2. The number of hydrazine groups is 1. The molecule has 7 nitrogen and oxygen atoms in total. The summed E-state index contributed by atoms with van der Waals surface area (Å²) in [6, 6.07) is 8.84. The zero-order valence-electron chi connectivity index (χ0n) is 13.2. The third-order valence-electron chi connectivity index (χ3n) is 3.27. The molecule has 126 valence electrons. The lowest BCUT2D eigenvalue weighted by molar-refractivity contribution is -0.125. The van der Waals surface area contributed by atoms with Crippen molar-refractivity contribution in [1.29, 1.82) is 0 Å². The largest absolute Gasteiger partial charge is 0.485 e. The van der Waals surface area contributed by atoms with Gasteiger partial charge in [-0.25, -0.2) is 5.01 Å². The van der Waals surface area contributed by atoms with Gasteiger partial charge in [-0.2, -0.15) is 0 Å². The van der Waals surface area contributed by atoms with Gasteiger partial charge in [0.15, 0.2) is 11.5 Å². The van der Waals surface area contributed by atoms with E-state index in [4.69, 9.17) is 9.47 Å². The number of amides is 2. The van der Waals surface area contributed by atoms with Crippen LogP contribution in [0.25, 0.3) is 0 Å². The van der Waals surface area contributed by atoms with Crippen LogP contribution in [0, 0.1) is 0 Å². The molecular weight excluding hydrogens is 330 g/mol. The first-order valence-corrected chi connectivity index (χ1v) is 8.17. The zero-order chi connectivity index (χ0) is 17.1. The van der Waals surface area contributed by atoms with Crippen LogP contribution >= 0.6 is 11.3 Å². The maximum Gasteiger partial charge on any atom is 0.269 e. The van der Waals surface area contributed by atoms with Gasteiger partial charge in [0.25, 0.3) is 11.8 Å². The standard InChI is InChI=1S/C16H17N3O4S/c1-19(2)18-14(20)10-7-8-24-16(10)17-15(21)13-9-22-11-5-3-4-6-12(11)23-13/h3-8,13H,9H2,1-2H3,(H,17,21)(H,18,20). The molecule has 0 fully saturated rings. The molecule has 0 aliphatic carbocycles. The summed E-state index contributed by atoms with van der Waals surface area (Å²) in [5.74, 6) is 0.498. The Labute approximate surface area is 143 Å². The second-order valence-corrected chi connectivity index (χ2v) is 6.27. The molecule has 1 aliphatic rings. The molecule has 0 saturated heterocycles. The van der Waals surface area contributed by atoms with Crippen LogP contribution in [0.3, 0.4) is 0 Å². The summed E-state index contributed by atoms with van der Waals surface area (Å²) in [5, 5.41) is 6.50. The predicted octanol–water partition coefficient (Wildman–Crippen LogP) is 1.73. The molecule has 0 saturated carbocycles. The van der Waals surface area contributed by atoms with E-state index in [-0.39, 0.29) is 18.4 Å². The first kappa shape index (κ1) is 16.3. The Morgan fingerprint density at radius 1 is 1.21 bits per heavy atom. The van der Waals surface area contributed by atoms with Gasteiger partial charge in [-0.05, 0) is 23.6 Å². The van der Waals surface area contributed by atoms with Crippen molar-refractivity contribution in [2.24, 2.45) is 0 Å². The van der Waals surface area contributed by atoms with Crippen LogP contribution in [0.1, 0.15) is 10.4 Å². The second kappa shape index (κ2) is 6.90. The van der Waals surface area contributed by atoms with Crippen LogP contribution in [0.15, 0.2) is 35.7 Å². The van der Waals surface area contributed by atoms with Crippen molar-refractivity contribution in [3.05, 3.63) is 41.3 Å². The number of hydrogen-bond donors (Lipinski definition) is 2. The monoisotopic (exact) mass is 347 g/mol. The van der Waals surface area contributed by atoms with Crippen molar-refractivity contribution < 1.29 is 19.1 Å². The molecule has 3 rings (SSSR count). The molecule has 1 aliphatic heterocycles. The lowest BCUT2D eigenvalue weighted by atomic mass is 10.2. The molecule has 1 atom stereocenters. The van der Waals surface area contributed by atoms with Crippen molar-refractivity contribution in [1.82, 2.24) is 10.4 Å². The number of fused-ring (bicyclic) bond motifs is 1. The highest BCUT2D eigenvalue weighted by Crippen LogP contribution is 2.31. The van der Waals surface area contributed by atoms with Crippen molar-refractivity contribution in [3.63, 3.8) is 0 Å². The van der Waals surface area contributed by atoms with Gasteiger partial charge < -0.3 is 14.8 Å². The van der Waals surface area contributed by atoms with Gasteiger partial charge in [-0.1, -0.05) is 12.1 Å².